The van der Waals surface area contributed by atoms with E-state index in [0.717, 1.165) is 28.3 Å². The zero-order valence-corrected chi connectivity index (χ0v) is 17.1. The van der Waals surface area contributed by atoms with Gasteiger partial charge in [0.05, 0.1) is 20.1 Å². The Balaban J connectivity index is 1.49. The summed E-state index contributed by atoms with van der Waals surface area (Å²) in [4.78, 5) is 11.0. The summed E-state index contributed by atoms with van der Waals surface area (Å²) >= 11 is 0. The van der Waals surface area contributed by atoms with Crippen LogP contribution in [-0.4, -0.2) is 24.8 Å². The highest BCUT2D eigenvalue weighted by Gasteiger charge is 2.26. The Morgan fingerprint density at radius 1 is 1.17 bits per heavy atom. The minimum Gasteiger partial charge on any atom is -0.497 e. The molecular formula is C25H25NO4. The minimum atomic E-state index is -0.800. The van der Waals surface area contributed by atoms with Crippen molar-refractivity contribution in [2.24, 2.45) is 0 Å². The Bertz CT molecular complexity index is 1060. The zero-order valence-electron chi connectivity index (χ0n) is 17.1. The molecule has 3 aromatic rings. The molecule has 1 aliphatic heterocycles. The van der Waals surface area contributed by atoms with Crippen molar-refractivity contribution in [3.63, 3.8) is 0 Å². The summed E-state index contributed by atoms with van der Waals surface area (Å²) in [6.07, 6.45) is 0.0944. The fourth-order valence-corrected chi connectivity index (χ4v) is 3.92. The molecule has 0 fully saturated rings. The van der Waals surface area contributed by atoms with E-state index in [2.05, 4.69) is 42.6 Å². The third-order valence-corrected chi connectivity index (χ3v) is 5.64. The molecule has 0 saturated carbocycles. The van der Waals surface area contributed by atoms with Gasteiger partial charge >= 0.3 is 5.97 Å². The molecule has 4 rings (SSSR count). The van der Waals surface area contributed by atoms with Crippen LogP contribution in [-0.2, 0) is 11.3 Å². The number of carboxylic acids is 1. The Kier molecular flexibility index (Phi) is 5.61. The molecule has 0 radical (unpaired) electrons. The molecule has 5 nitrogen and oxygen atoms in total. The molecule has 1 atom stereocenters. The van der Waals surface area contributed by atoms with Gasteiger partial charge in [-0.05, 0) is 47.4 Å². The predicted octanol–water partition coefficient (Wildman–Crippen LogP) is 5.23. The second-order valence-electron chi connectivity index (χ2n) is 7.53. The van der Waals surface area contributed by atoms with Gasteiger partial charge in [-0.1, -0.05) is 36.4 Å². The number of hydrogen-bond donors (Lipinski definition) is 2. The standard InChI is InChI=1S/C25H25NO4/c1-16-18(4-3-5-22(16)17-6-9-21(29-2)10-7-17)14-26-20-8-11-23-19(12-25(27)28)15-30-24(23)13-20/h3-11,13,19,26H,12,14-15H2,1-2H3,(H,27,28)/t19-/m1/s1. The minimum absolute atomic E-state index is 0.0741. The highest BCUT2D eigenvalue weighted by Crippen LogP contribution is 2.38. The van der Waals surface area contributed by atoms with E-state index < -0.39 is 5.97 Å². The predicted molar refractivity (Wildman–Crippen MR) is 117 cm³/mol. The molecule has 2 N–H and O–H groups in total. The van der Waals surface area contributed by atoms with E-state index in [9.17, 15) is 4.79 Å². The van der Waals surface area contributed by atoms with Gasteiger partial charge in [0.25, 0.3) is 0 Å². The molecule has 0 unspecified atom stereocenters. The van der Waals surface area contributed by atoms with Crippen LogP contribution in [0.25, 0.3) is 11.1 Å². The molecule has 0 saturated heterocycles. The number of carbonyl (C=O) groups is 1. The molecule has 1 aliphatic rings. The highest BCUT2D eigenvalue weighted by molar-refractivity contribution is 5.70. The van der Waals surface area contributed by atoms with Crippen molar-refractivity contribution >= 4 is 11.7 Å². The van der Waals surface area contributed by atoms with Crippen LogP contribution in [0.2, 0.25) is 0 Å². The van der Waals surface area contributed by atoms with E-state index in [1.807, 2.05) is 30.3 Å². The number of carboxylic acid groups (broad SMARTS) is 1. The lowest BCUT2D eigenvalue weighted by molar-refractivity contribution is -0.137. The van der Waals surface area contributed by atoms with Crippen LogP contribution in [0.3, 0.4) is 0 Å². The van der Waals surface area contributed by atoms with Crippen molar-refractivity contribution in [2.75, 3.05) is 19.0 Å². The lowest BCUT2D eigenvalue weighted by Gasteiger charge is -2.14. The number of methoxy groups -OCH3 is 1. The number of nitrogens with one attached hydrogen (secondary N) is 1. The third-order valence-electron chi connectivity index (χ3n) is 5.64. The molecule has 0 spiro atoms. The van der Waals surface area contributed by atoms with Crippen molar-refractivity contribution in [3.8, 4) is 22.6 Å². The van der Waals surface area contributed by atoms with Gasteiger partial charge in [-0.25, -0.2) is 0 Å². The Hall–Kier alpha value is -3.47. The largest absolute Gasteiger partial charge is 0.497 e. The SMILES string of the molecule is COc1ccc(-c2cccc(CNc3ccc4c(c3)OC[C@H]4CC(=O)O)c2C)cc1. The summed E-state index contributed by atoms with van der Waals surface area (Å²) in [5.41, 5.74) is 6.73. The zero-order chi connectivity index (χ0) is 21.1. The molecule has 0 bridgehead atoms. The normalized spacial score (nSPS) is 14.7. The highest BCUT2D eigenvalue weighted by atomic mass is 16.5. The van der Waals surface area contributed by atoms with Crippen LogP contribution < -0.4 is 14.8 Å². The van der Waals surface area contributed by atoms with Crippen molar-refractivity contribution in [3.05, 3.63) is 77.4 Å². The van der Waals surface area contributed by atoms with Crippen LogP contribution in [0.4, 0.5) is 5.69 Å². The molecule has 1 heterocycles. The van der Waals surface area contributed by atoms with E-state index in [-0.39, 0.29) is 12.3 Å². The summed E-state index contributed by atoms with van der Waals surface area (Å²) in [6.45, 7) is 3.25. The van der Waals surface area contributed by atoms with Gasteiger partial charge in [0.1, 0.15) is 11.5 Å². The average molecular weight is 403 g/mol. The second-order valence-corrected chi connectivity index (χ2v) is 7.53. The van der Waals surface area contributed by atoms with Gasteiger partial charge in [-0.2, -0.15) is 0 Å². The maximum Gasteiger partial charge on any atom is 0.304 e. The summed E-state index contributed by atoms with van der Waals surface area (Å²) in [7, 11) is 1.67. The maximum atomic E-state index is 11.0. The summed E-state index contributed by atoms with van der Waals surface area (Å²) in [5.74, 6) is 0.745. The van der Waals surface area contributed by atoms with Crippen LogP contribution in [0.5, 0.6) is 11.5 Å². The number of rotatable bonds is 7. The van der Waals surface area contributed by atoms with E-state index in [4.69, 9.17) is 14.6 Å². The van der Waals surface area contributed by atoms with Crippen molar-refractivity contribution in [1.29, 1.82) is 0 Å². The van der Waals surface area contributed by atoms with Gasteiger partial charge in [0.2, 0.25) is 0 Å². The average Bonchev–Trinajstić information content (AvgIpc) is 3.14. The van der Waals surface area contributed by atoms with Gasteiger partial charge in [0.15, 0.2) is 0 Å². The Labute approximate surface area is 176 Å². The first-order valence-corrected chi connectivity index (χ1v) is 10.0. The number of hydrogen-bond acceptors (Lipinski definition) is 4. The van der Waals surface area contributed by atoms with Crippen LogP contribution >= 0.6 is 0 Å². The van der Waals surface area contributed by atoms with E-state index >= 15 is 0 Å². The van der Waals surface area contributed by atoms with Crippen molar-refractivity contribution < 1.29 is 19.4 Å². The van der Waals surface area contributed by atoms with Gasteiger partial charge < -0.3 is 19.9 Å². The van der Waals surface area contributed by atoms with Gasteiger partial charge in [-0.15, -0.1) is 0 Å². The van der Waals surface area contributed by atoms with Gasteiger partial charge in [-0.3, -0.25) is 4.79 Å². The number of anilines is 1. The van der Waals surface area contributed by atoms with Gasteiger partial charge in [0, 0.05) is 29.8 Å². The quantitative estimate of drug-likeness (QED) is 0.565. The Morgan fingerprint density at radius 2 is 1.97 bits per heavy atom. The van der Waals surface area contributed by atoms with E-state index in [1.165, 1.54) is 16.7 Å². The first kappa shape index (κ1) is 19.8. The lowest BCUT2D eigenvalue weighted by atomic mass is 9.96. The molecule has 0 aliphatic carbocycles. The monoisotopic (exact) mass is 403 g/mol. The molecule has 0 amide bonds. The number of fused-ring (bicyclic) bond motifs is 1. The Morgan fingerprint density at radius 3 is 2.70 bits per heavy atom. The first-order chi connectivity index (χ1) is 14.5. The molecule has 5 heteroatoms. The fourth-order valence-electron chi connectivity index (χ4n) is 3.92. The topological polar surface area (TPSA) is 67.8 Å². The van der Waals surface area contributed by atoms with Crippen LogP contribution in [0, 0.1) is 6.92 Å². The molecule has 3 aromatic carbocycles. The van der Waals surface area contributed by atoms with E-state index in [0.29, 0.717) is 13.2 Å². The number of ether oxygens (including phenoxy) is 2. The summed E-state index contributed by atoms with van der Waals surface area (Å²) in [5, 5.41) is 12.5. The molecular weight excluding hydrogens is 378 g/mol. The number of aliphatic carboxylic acids is 1. The third kappa shape index (κ3) is 4.10. The summed E-state index contributed by atoms with van der Waals surface area (Å²) in [6, 6.07) is 20.3. The van der Waals surface area contributed by atoms with Crippen molar-refractivity contribution in [1.82, 2.24) is 0 Å². The van der Waals surface area contributed by atoms with Crippen LogP contribution in [0.15, 0.2) is 60.7 Å². The summed E-state index contributed by atoms with van der Waals surface area (Å²) < 4.78 is 11.0. The smallest absolute Gasteiger partial charge is 0.304 e. The number of benzene rings is 3. The lowest BCUT2D eigenvalue weighted by Crippen LogP contribution is -2.07. The van der Waals surface area contributed by atoms with E-state index in [1.54, 1.807) is 7.11 Å². The maximum absolute atomic E-state index is 11.0. The first-order valence-electron chi connectivity index (χ1n) is 10.0. The fraction of sp³-hybridized carbons (Fsp3) is 0.240. The second kappa shape index (κ2) is 8.49. The van der Waals surface area contributed by atoms with Crippen molar-refractivity contribution in [2.45, 2.75) is 25.8 Å². The molecule has 30 heavy (non-hydrogen) atoms. The molecule has 0 aromatic heterocycles. The van der Waals surface area contributed by atoms with Crippen LogP contribution in [0.1, 0.15) is 29.0 Å². The molecule has 154 valence electrons.